The van der Waals surface area contributed by atoms with Crippen LogP contribution >= 0.6 is 0 Å². The molecule has 0 aliphatic rings. The Bertz CT molecular complexity index is 278. The Morgan fingerprint density at radius 2 is 2.00 bits per heavy atom. The Morgan fingerprint density at radius 1 is 1.31 bits per heavy atom. The van der Waals surface area contributed by atoms with E-state index in [9.17, 15) is 0 Å². The van der Waals surface area contributed by atoms with Gasteiger partial charge < -0.3 is 5.73 Å². The van der Waals surface area contributed by atoms with Gasteiger partial charge in [-0.05, 0) is 31.4 Å². The Balaban J connectivity index is 2.91. The molecule has 0 aromatic heterocycles. The van der Waals surface area contributed by atoms with E-state index in [1.54, 1.807) is 0 Å². The second kappa shape index (κ2) is 4.43. The zero-order valence-electron chi connectivity index (χ0n) is 8.80. The van der Waals surface area contributed by atoms with Crippen molar-refractivity contribution in [2.24, 2.45) is 5.73 Å². The van der Waals surface area contributed by atoms with Crippen LogP contribution in [0.3, 0.4) is 0 Å². The monoisotopic (exact) mass is 177 g/mol. The molecular weight excluding hydrogens is 158 g/mol. The van der Waals surface area contributed by atoms with Gasteiger partial charge in [-0.15, -0.1) is 0 Å². The summed E-state index contributed by atoms with van der Waals surface area (Å²) in [4.78, 5) is 0. The van der Waals surface area contributed by atoms with E-state index in [-0.39, 0.29) is 6.04 Å². The molecule has 1 rings (SSSR count). The maximum absolute atomic E-state index is 6.08. The summed E-state index contributed by atoms with van der Waals surface area (Å²) < 4.78 is 0. The van der Waals surface area contributed by atoms with E-state index in [4.69, 9.17) is 5.73 Å². The molecule has 0 saturated heterocycles. The Kier molecular flexibility index (Phi) is 3.49. The summed E-state index contributed by atoms with van der Waals surface area (Å²) in [7, 11) is 0. The fraction of sp³-hybridized carbons (Fsp3) is 0.500. The molecule has 0 fully saturated rings. The van der Waals surface area contributed by atoms with Crippen LogP contribution in [0.25, 0.3) is 0 Å². The van der Waals surface area contributed by atoms with E-state index in [0.29, 0.717) is 0 Å². The van der Waals surface area contributed by atoms with Gasteiger partial charge in [0.05, 0.1) is 0 Å². The quantitative estimate of drug-likeness (QED) is 0.754. The molecule has 1 aromatic rings. The number of hydrogen-bond acceptors (Lipinski definition) is 1. The van der Waals surface area contributed by atoms with Crippen LogP contribution in [0.4, 0.5) is 0 Å². The second-order valence-electron chi connectivity index (χ2n) is 3.76. The highest BCUT2D eigenvalue weighted by atomic mass is 14.6. The van der Waals surface area contributed by atoms with Crippen molar-refractivity contribution in [3.05, 3.63) is 34.9 Å². The number of nitrogens with two attached hydrogens (primary N) is 1. The van der Waals surface area contributed by atoms with Gasteiger partial charge in [-0.2, -0.15) is 0 Å². The van der Waals surface area contributed by atoms with Crippen LogP contribution in [0.15, 0.2) is 18.2 Å². The van der Waals surface area contributed by atoms with Crippen molar-refractivity contribution in [3.8, 4) is 0 Å². The molecule has 0 spiro atoms. The minimum Gasteiger partial charge on any atom is -0.324 e. The Hall–Kier alpha value is -0.820. The predicted octanol–water partition coefficient (Wildman–Crippen LogP) is 3.10. The molecule has 1 heteroatoms. The van der Waals surface area contributed by atoms with Gasteiger partial charge in [0.1, 0.15) is 0 Å². The van der Waals surface area contributed by atoms with Gasteiger partial charge >= 0.3 is 0 Å². The normalized spacial score (nSPS) is 12.9. The van der Waals surface area contributed by atoms with Gasteiger partial charge in [-0.1, -0.05) is 37.1 Å². The summed E-state index contributed by atoms with van der Waals surface area (Å²) in [5.74, 6) is 0. The van der Waals surface area contributed by atoms with Gasteiger partial charge in [0.15, 0.2) is 0 Å². The van der Waals surface area contributed by atoms with E-state index in [1.807, 2.05) is 0 Å². The smallest absolute Gasteiger partial charge is 0.0297 e. The Morgan fingerprint density at radius 3 is 2.62 bits per heavy atom. The van der Waals surface area contributed by atoms with Crippen LogP contribution in [0, 0.1) is 13.8 Å². The molecule has 0 radical (unpaired) electrons. The zero-order chi connectivity index (χ0) is 9.84. The van der Waals surface area contributed by atoms with Gasteiger partial charge in [0.25, 0.3) is 0 Å². The summed E-state index contributed by atoms with van der Waals surface area (Å²) in [6, 6.07) is 6.71. The lowest BCUT2D eigenvalue weighted by Crippen LogP contribution is -2.11. The third-order valence-electron chi connectivity index (χ3n) is 2.43. The van der Waals surface area contributed by atoms with Crippen molar-refractivity contribution in [1.29, 1.82) is 0 Å². The fourth-order valence-corrected chi connectivity index (χ4v) is 1.63. The predicted molar refractivity (Wildman–Crippen MR) is 57.8 cm³/mol. The minimum atomic E-state index is 0.213. The molecule has 2 N–H and O–H groups in total. The molecule has 72 valence electrons. The molecule has 0 saturated carbocycles. The average Bonchev–Trinajstić information content (AvgIpc) is 2.09. The largest absolute Gasteiger partial charge is 0.324 e. The van der Waals surface area contributed by atoms with E-state index in [2.05, 4.69) is 39.0 Å². The minimum absolute atomic E-state index is 0.213. The third-order valence-corrected chi connectivity index (χ3v) is 2.43. The van der Waals surface area contributed by atoms with Crippen molar-refractivity contribution in [2.75, 3.05) is 0 Å². The first-order chi connectivity index (χ1) is 6.15. The maximum Gasteiger partial charge on any atom is 0.0297 e. The lowest BCUT2D eigenvalue weighted by Gasteiger charge is -2.14. The molecule has 0 heterocycles. The van der Waals surface area contributed by atoms with Crippen molar-refractivity contribution in [1.82, 2.24) is 0 Å². The highest BCUT2D eigenvalue weighted by Gasteiger charge is 2.07. The van der Waals surface area contributed by atoms with Crippen LogP contribution in [-0.2, 0) is 0 Å². The molecule has 0 unspecified atom stereocenters. The first-order valence-corrected chi connectivity index (χ1v) is 4.98. The van der Waals surface area contributed by atoms with Gasteiger partial charge in [0.2, 0.25) is 0 Å². The van der Waals surface area contributed by atoms with Crippen LogP contribution in [0.2, 0.25) is 0 Å². The first kappa shape index (κ1) is 10.3. The number of rotatable bonds is 3. The van der Waals surface area contributed by atoms with Crippen molar-refractivity contribution in [3.63, 3.8) is 0 Å². The molecule has 0 amide bonds. The number of hydrogen-bond donors (Lipinski definition) is 1. The zero-order valence-corrected chi connectivity index (χ0v) is 8.80. The van der Waals surface area contributed by atoms with Crippen LogP contribution < -0.4 is 5.73 Å². The summed E-state index contributed by atoms with van der Waals surface area (Å²) in [5, 5.41) is 0. The van der Waals surface area contributed by atoms with E-state index in [0.717, 1.165) is 12.8 Å². The molecule has 1 nitrogen and oxygen atoms in total. The number of aryl methyl sites for hydroxylation is 2. The van der Waals surface area contributed by atoms with Crippen LogP contribution in [0.5, 0.6) is 0 Å². The molecular formula is C12H19N. The van der Waals surface area contributed by atoms with Crippen molar-refractivity contribution in [2.45, 2.75) is 39.7 Å². The lowest BCUT2D eigenvalue weighted by atomic mass is 9.97. The van der Waals surface area contributed by atoms with Crippen molar-refractivity contribution < 1.29 is 0 Å². The summed E-state index contributed by atoms with van der Waals surface area (Å²) in [6.45, 7) is 6.41. The SMILES string of the molecule is CCC[C@H](N)c1cc(C)ccc1C. The molecule has 0 bridgehead atoms. The molecule has 0 aliphatic heterocycles. The number of benzene rings is 1. The standard InChI is InChI=1S/C12H19N/c1-4-5-12(13)11-8-9(2)6-7-10(11)3/h6-8,12H,4-5,13H2,1-3H3/t12-/m0/s1. The topological polar surface area (TPSA) is 26.0 Å². The van der Waals surface area contributed by atoms with E-state index in [1.165, 1.54) is 16.7 Å². The van der Waals surface area contributed by atoms with Gasteiger partial charge in [-0.25, -0.2) is 0 Å². The summed E-state index contributed by atoms with van der Waals surface area (Å²) >= 11 is 0. The van der Waals surface area contributed by atoms with E-state index < -0.39 is 0 Å². The maximum atomic E-state index is 6.08. The third kappa shape index (κ3) is 2.56. The van der Waals surface area contributed by atoms with Gasteiger partial charge in [0, 0.05) is 6.04 Å². The first-order valence-electron chi connectivity index (χ1n) is 4.98. The highest BCUT2D eigenvalue weighted by molar-refractivity contribution is 5.32. The molecule has 1 aromatic carbocycles. The van der Waals surface area contributed by atoms with E-state index >= 15 is 0 Å². The second-order valence-corrected chi connectivity index (χ2v) is 3.76. The van der Waals surface area contributed by atoms with Crippen LogP contribution in [-0.4, -0.2) is 0 Å². The van der Waals surface area contributed by atoms with Crippen LogP contribution in [0.1, 0.15) is 42.5 Å². The average molecular weight is 177 g/mol. The van der Waals surface area contributed by atoms with Gasteiger partial charge in [-0.3, -0.25) is 0 Å². The summed E-state index contributed by atoms with van der Waals surface area (Å²) in [5.41, 5.74) is 9.99. The van der Waals surface area contributed by atoms with Crippen molar-refractivity contribution >= 4 is 0 Å². The molecule has 1 atom stereocenters. The Labute approximate surface area is 81.0 Å². The molecule has 13 heavy (non-hydrogen) atoms. The molecule has 0 aliphatic carbocycles. The lowest BCUT2D eigenvalue weighted by molar-refractivity contribution is 0.635. The highest BCUT2D eigenvalue weighted by Crippen LogP contribution is 2.20. The summed E-state index contributed by atoms with van der Waals surface area (Å²) in [6.07, 6.45) is 2.22. The fourth-order valence-electron chi connectivity index (χ4n) is 1.63.